The molecule has 2 aromatic carbocycles. The lowest BCUT2D eigenvalue weighted by atomic mass is 10.1. The Kier molecular flexibility index (Phi) is 5.90. The zero-order chi connectivity index (χ0) is 17.5. The average Bonchev–Trinajstić information content (AvgIpc) is 3.16. The molecule has 1 heterocycles. The maximum Gasteiger partial charge on any atom is 0.258 e. The van der Waals surface area contributed by atoms with Crippen molar-refractivity contribution in [2.75, 3.05) is 26.2 Å². The van der Waals surface area contributed by atoms with Gasteiger partial charge in [-0.3, -0.25) is 9.69 Å². The summed E-state index contributed by atoms with van der Waals surface area (Å²) in [5, 5.41) is 12.6. The molecule has 1 amide bonds. The van der Waals surface area contributed by atoms with Crippen molar-refractivity contribution < 1.29 is 14.6 Å². The van der Waals surface area contributed by atoms with E-state index >= 15 is 0 Å². The minimum absolute atomic E-state index is 0.0366. The average molecular weight is 340 g/mol. The first-order chi connectivity index (χ1) is 12.2. The van der Waals surface area contributed by atoms with Gasteiger partial charge in [0, 0.05) is 6.54 Å². The SMILES string of the molecule is O=C(COc1ccccc1O)NCC(c1ccccc1)N1CCCC1. The molecule has 2 N–H and O–H groups in total. The summed E-state index contributed by atoms with van der Waals surface area (Å²) in [6.07, 6.45) is 2.40. The molecule has 1 unspecified atom stereocenters. The third kappa shape index (κ3) is 4.73. The van der Waals surface area contributed by atoms with Crippen LogP contribution in [0.4, 0.5) is 0 Å². The number of benzene rings is 2. The first-order valence-electron chi connectivity index (χ1n) is 8.70. The number of amides is 1. The first kappa shape index (κ1) is 17.3. The summed E-state index contributed by atoms with van der Waals surface area (Å²) < 4.78 is 5.39. The standard InChI is InChI=1S/C20H24N2O3/c23-18-10-4-5-11-19(18)25-15-20(24)21-14-17(22-12-6-7-13-22)16-8-2-1-3-9-16/h1-5,8-11,17,23H,6-7,12-15H2,(H,21,24). The molecule has 1 aliphatic rings. The summed E-state index contributed by atoms with van der Waals surface area (Å²) in [5.74, 6) is 0.162. The van der Waals surface area contributed by atoms with Gasteiger partial charge in [0.1, 0.15) is 0 Å². The van der Waals surface area contributed by atoms with E-state index in [9.17, 15) is 9.90 Å². The third-order valence-electron chi connectivity index (χ3n) is 4.48. The molecule has 0 saturated carbocycles. The Hall–Kier alpha value is -2.53. The molecule has 132 valence electrons. The Morgan fingerprint density at radius 1 is 1.08 bits per heavy atom. The summed E-state index contributed by atoms with van der Waals surface area (Å²) in [6, 6.07) is 17.1. The van der Waals surface area contributed by atoms with E-state index in [-0.39, 0.29) is 24.3 Å². The van der Waals surface area contributed by atoms with E-state index in [1.807, 2.05) is 18.2 Å². The number of aromatic hydroxyl groups is 1. The molecule has 0 spiro atoms. The van der Waals surface area contributed by atoms with Crippen LogP contribution >= 0.6 is 0 Å². The second kappa shape index (κ2) is 8.53. The van der Waals surface area contributed by atoms with Gasteiger partial charge in [0.25, 0.3) is 5.91 Å². The molecule has 1 atom stereocenters. The Labute approximate surface area is 148 Å². The Bertz CT molecular complexity index is 684. The molecule has 0 radical (unpaired) electrons. The number of likely N-dealkylation sites (tertiary alicyclic amines) is 1. The highest BCUT2D eigenvalue weighted by molar-refractivity contribution is 5.77. The quantitative estimate of drug-likeness (QED) is 0.814. The number of phenols is 1. The van der Waals surface area contributed by atoms with Gasteiger partial charge in [0.05, 0.1) is 6.04 Å². The van der Waals surface area contributed by atoms with Gasteiger partial charge >= 0.3 is 0 Å². The molecule has 1 aliphatic heterocycles. The molecule has 5 heteroatoms. The molecule has 25 heavy (non-hydrogen) atoms. The Morgan fingerprint density at radius 3 is 2.48 bits per heavy atom. The number of phenolic OH excluding ortho intramolecular Hbond substituents is 1. The van der Waals surface area contributed by atoms with Crippen molar-refractivity contribution in [2.45, 2.75) is 18.9 Å². The van der Waals surface area contributed by atoms with Gasteiger partial charge in [0.2, 0.25) is 0 Å². The van der Waals surface area contributed by atoms with Crippen molar-refractivity contribution in [3.63, 3.8) is 0 Å². The smallest absolute Gasteiger partial charge is 0.258 e. The zero-order valence-electron chi connectivity index (χ0n) is 14.2. The summed E-state index contributed by atoms with van der Waals surface area (Å²) in [7, 11) is 0. The molecule has 1 saturated heterocycles. The van der Waals surface area contributed by atoms with Gasteiger partial charge in [-0.2, -0.15) is 0 Å². The number of ether oxygens (including phenoxy) is 1. The summed E-state index contributed by atoms with van der Waals surface area (Å²) in [6.45, 7) is 2.56. The van der Waals surface area contributed by atoms with Gasteiger partial charge in [-0.25, -0.2) is 0 Å². The zero-order valence-corrected chi connectivity index (χ0v) is 14.2. The normalized spacial score (nSPS) is 15.7. The molecule has 3 rings (SSSR count). The third-order valence-corrected chi connectivity index (χ3v) is 4.48. The van der Waals surface area contributed by atoms with Crippen LogP contribution in [0.2, 0.25) is 0 Å². The number of rotatable bonds is 7. The van der Waals surface area contributed by atoms with Crippen molar-refractivity contribution in [1.29, 1.82) is 0 Å². The van der Waals surface area contributed by atoms with Crippen LogP contribution in [0.15, 0.2) is 54.6 Å². The van der Waals surface area contributed by atoms with Gasteiger partial charge in [-0.15, -0.1) is 0 Å². The minimum atomic E-state index is -0.191. The highest BCUT2D eigenvalue weighted by Crippen LogP contribution is 2.25. The van der Waals surface area contributed by atoms with E-state index in [2.05, 4.69) is 22.3 Å². The lowest BCUT2D eigenvalue weighted by molar-refractivity contribution is -0.123. The molecule has 2 aromatic rings. The predicted molar refractivity (Wildman–Crippen MR) is 96.6 cm³/mol. The van der Waals surface area contributed by atoms with Gasteiger partial charge < -0.3 is 15.2 Å². The van der Waals surface area contributed by atoms with Crippen molar-refractivity contribution in [3.8, 4) is 11.5 Å². The highest BCUT2D eigenvalue weighted by Gasteiger charge is 2.23. The topological polar surface area (TPSA) is 61.8 Å². The van der Waals surface area contributed by atoms with E-state index in [1.165, 1.54) is 24.5 Å². The summed E-state index contributed by atoms with van der Waals surface area (Å²) >= 11 is 0. The van der Waals surface area contributed by atoms with Crippen LogP contribution < -0.4 is 10.1 Å². The van der Waals surface area contributed by atoms with E-state index < -0.39 is 0 Å². The van der Waals surface area contributed by atoms with Crippen LogP contribution in [0.5, 0.6) is 11.5 Å². The van der Waals surface area contributed by atoms with Gasteiger partial charge in [0.15, 0.2) is 18.1 Å². The van der Waals surface area contributed by atoms with Crippen LogP contribution in [0.1, 0.15) is 24.4 Å². The molecule has 0 bridgehead atoms. The molecule has 5 nitrogen and oxygen atoms in total. The number of para-hydroxylation sites is 2. The van der Waals surface area contributed by atoms with Crippen molar-refractivity contribution in [1.82, 2.24) is 10.2 Å². The summed E-state index contributed by atoms with van der Waals surface area (Å²) in [4.78, 5) is 14.6. The maximum atomic E-state index is 12.1. The van der Waals surface area contributed by atoms with Crippen LogP contribution in [0.25, 0.3) is 0 Å². The summed E-state index contributed by atoms with van der Waals surface area (Å²) in [5.41, 5.74) is 1.21. The van der Waals surface area contributed by atoms with Crippen molar-refractivity contribution >= 4 is 5.91 Å². The lowest BCUT2D eigenvalue weighted by Gasteiger charge is -2.28. The van der Waals surface area contributed by atoms with E-state index in [0.29, 0.717) is 12.3 Å². The Morgan fingerprint density at radius 2 is 1.76 bits per heavy atom. The fourth-order valence-electron chi connectivity index (χ4n) is 3.17. The van der Waals surface area contributed by atoms with Crippen LogP contribution in [0, 0.1) is 0 Å². The number of carbonyl (C=O) groups excluding carboxylic acids is 1. The van der Waals surface area contributed by atoms with Gasteiger partial charge in [-0.05, 0) is 43.6 Å². The van der Waals surface area contributed by atoms with Crippen LogP contribution in [-0.4, -0.2) is 42.2 Å². The monoisotopic (exact) mass is 340 g/mol. The molecule has 0 aromatic heterocycles. The van der Waals surface area contributed by atoms with E-state index in [4.69, 9.17) is 4.74 Å². The fraction of sp³-hybridized carbons (Fsp3) is 0.350. The second-order valence-electron chi connectivity index (χ2n) is 6.23. The van der Waals surface area contributed by atoms with Crippen LogP contribution in [0.3, 0.4) is 0 Å². The number of hydrogen-bond acceptors (Lipinski definition) is 4. The lowest BCUT2D eigenvalue weighted by Crippen LogP contribution is -2.38. The first-order valence-corrected chi connectivity index (χ1v) is 8.70. The van der Waals surface area contributed by atoms with Crippen LogP contribution in [-0.2, 0) is 4.79 Å². The molecule has 1 fully saturated rings. The minimum Gasteiger partial charge on any atom is -0.504 e. The highest BCUT2D eigenvalue weighted by atomic mass is 16.5. The Balaban J connectivity index is 1.55. The fourth-order valence-corrected chi connectivity index (χ4v) is 3.17. The number of hydrogen-bond donors (Lipinski definition) is 2. The molecular formula is C20H24N2O3. The van der Waals surface area contributed by atoms with E-state index in [0.717, 1.165) is 13.1 Å². The number of nitrogens with zero attached hydrogens (tertiary/aromatic N) is 1. The predicted octanol–water partition coefficient (Wildman–Crippen LogP) is 2.72. The second-order valence-corrected chi connectivity index (χ2v) is 6.23. The molecular weight excluding hydrogens is 316 g/mol. The van der Waals surface area contributed by atoms with Gasteiger partial charge in [-0.1, -0.05) is 42.5 Å². The van der Waals surface area contributed by atoms with Crippen molar-refractivity contribution in [3.05, 3.63) is 60.2 Å². The number of carbonyl (C=O) groups is 1. The van der Waals surface area contributed by atoms with Crippen molar-refractivity contribution in [2.24, 2.45) is 0 Å². The largest absolute Gasteiger partial charge is 0.504 e. The number of nitrogens with one attached hydrogen (secondary N) is 1. The molecule has 0 aliphatic carbocycles. The maximum absolute atomic E-state index is 12.1. The van der Waals surface area contributed by atoms with E-state index in [1.54, 1.807) is 18.2 Å².